The second-order valence-electron chi connectivity index (χ2n) is 8.34. The highest BCUT2D eigenvalue weighted by atomic mass is 16.2. The Balaban J connectivity index is 1.29. The number of benzene rings is 2. The SMILES string of the molecule is CC1(C)NC(=O)N(CC(=O)NCc2ccc(CN3CCc4ccccc43)cc2)C1=O. The number of amides is 4. The van der Waals surface area contributed by atoms with Gasteiger partial charge in [-0.2, -0.15) is 0 Å². The first-order valence-corrected chi connectivity index (χ1v) is 10.1. The molecule has 2 N–H and O–H groups in total. The molecule has 4 rings (SSSR count). The number of hydrogen-bond acceptors (Lipinski definition) is 4. The van der Waals surface area contributed by atoms with Gasteiger partial charge in [-0.1, -0.05) is 42.5 Å². The van der Waals surface area contributed by atoms with Crippen LogP contribution < -0.4 is 15.5 Å². The average molecular weight is 406 g/mol. The molecule has 0 spiro atoms. The molecule has 156 valence electrons. The summed E-state index contributed by atoms with van der Waals surface area (Å²) in [4.78, 5) is 39.6. The van der Waals surface area contributed by atoms with E-state index in [9.17, 15) is 14.4 Å². The van der Waals surface area contributed by atoms with Crippen LogP contribution >= 0.6 is 0 Å². The molecule has 0 unspecified atom stereocenters. The van der Waals surface area contributed by atoms with Gasteiger partial charge in [0.2, 0.25) is 5.91 Å². The molecule has 30 heavy (non-hydrogen) atoms. The maximum atomic E-state index is 12.2. The fourth-order valence-corrected chi connectivity index (χ4v) is 3.92. The molecule has 0 bridgehead atoms. The number of carbonyl (C=O) groups is 3. The van der Waals surface area contributed by atoms with Crippen LogP contribution in [0, 0.1) is 0 Å². The summed E-state index contributed by atoms with van der Waals surface area (Å²) in [6.07, 6.45) is 1.08. The zero-order valence-electron chi connectivity index (χ0n) is 17.3. The van der Waals surface area contributed by atoms with Gasteiger partial charge in [0.05, 0.1) is 0 Å². The lowest BCUT2D eigenvalue weighted by atomic mass is 10.1. The Bertz CT molecular complexity index is 984. The Morgan fingerprint density at radius 3 is 2.47 bits per heavy atom. The van der Waals surface area contributed by atoms with Gasteiger partial charge in [-0.3, -0.25) is 14.5 Å². The second-order valence-corrected chi connectivity index (χ2v) is 8.34. The van der Waals surface area contributed by atoms with Gasteiger partial charge in [-0.15, -0.1) is 0 Å². The van der Waals surface area contributed by atoms with Crippen LogP contribution in [0.4, 0.5) is 10.5 Å². The molecule has 4 amide bonds. The lowest BCUT2D eigenvalue weighted by Crippen LogP contribution is -2.43. The van der Waals surface area contributed by atoms with Crippen molar-refractivity contribution in [2.45, 2.75) is 38.9 Å². The highest BCUT2D eigenvalue weighted by Crippen LogP contribution is 2.28. The zero-order chi connectivity index (χ0) is 21.3. The molecule has 0 radical (unpaired) electrons. The van der Waals surface area contributed by atoms with Crippen molar-refractivity contribution in [3.05, 3.63) is 65.2 Å². The van der Waals surface area contributed by atoms with Crippen molar-refractivity contribution in [1.29, 1.82) is 0 Å². The molecular weight excluding hydrogens is 380 g/mol. The number of rotatable bonds is 6. The van der Waals surface area contributed by atoms with E-state index in [0.717, 1.165) is 30.0 Å². The first-order valence-electron chi connectivity index (χ1n) is 10.1. The summed E-state index contributed by atoms with van der Waals surface area (Å²) in [6, 6.07) is 16.1. The molecule has 1 saturated heterocycles. The minimum absolute atomic E-state index is 0.277. The predicted octanol–water partition coefficient (Wildman–Crippen LogP) is 2.20. The molecule has 0 saturated carbocycles. The monoisotopic (exact) mass is 406 g/mol. The fourth-order valence-electron chi connectivity index (χ4n) is 3.92. The van der Waals surface area contributed by atoms with Crippen molar-refractivity contribution < 1.29 is 14.4 Å². The van der Waals surface area contributed by atoms with Gasteiger partial charge < -0.3 is 15.5 Å². The number of anilines is 1. The van der Waals surface area contributed by atoms with Crippen molar-refractivity contribution in [2.75, 3.05) is 18.0 Å². The summed E-state index contributed by atoms with van der Waals surface area (Å²) in [6.45, 7) is 5.18. The Kier molecular flexibility index (Phi) is 5.20. The van der Waals surface area contributed by atoms with E-state index >= 15 is 0 Å². The zero-order valence-corrected chi connectivity index (χ0v) is 17.3. The summed E-state index contributed by atoms with van der Waals surface area (Å²) in [5.74, 6) is -0.760. The quantitative estimate of drug-likeness (QED) is 0.721. The number of para-hydroxylation sites is 1. The normalized spacial score (nSPS) is 17.1. The molecule has 2 aliphatic heterocycles. The van der Waals surface area contributed by atoms with Gasteiger partial charge in [-0.25, -0.2) is 4.79 Å². The van der Waals surface area contributed by atoms with E-state index in [-0.39, 0.29) is 12.5 Å². The number of carbonyl (C=O) groups excluding carboxylic acids is 3. The molecule has 7 heteroatoms. The van der Waals surface area contributed by atoms with Gasteiger partial charge >= 0.3 is 6.03 Å². The predicted molar refractivity (Wildman–Crippen MR) is 114 cm³/mol. The van der Waals surface area contributed by atoms with E-state index in [0.29, 0.717) is 6.54 Å². The lowest BCUT2D eigenvalue weighted by Gasteiger charge is -2.19. The van der Waals surface area contributed by atoms with Crippen LogP contribution in [0.1, 0.15) is 30.5 Å². The lowest BCUT2D eigenvalue weighted by molar-refractivity contribution is -0.134. The molecule has 2 heterocycles. The van der Waals surface area contributed by atoms with Crippen LogP contribution in [0.2, 0.25) is 0 Å². The van der Waals surface area contributed by atoms with E-state index in [1.807, 2.05) is 12.1 Å². The Hall–Kier alpha value is -3.35. The number of nitrogens with zero attached hydrogens (tertiary/aromatic N) is 2. The fraction of sp³-hybridized carbons (Fsp3) is 0.348. The second kappa shape index (κ2) is 7.82. The smallest absolute Gasteiger partial charge is 0.325 e. The van der Waals surface area contributed by atoms with Crippen LogP contribution in [0.5, 0.6) is 0 Å². The third-order valence-electron chi connectivity index (χ3n) is 5.62. The molecule has 1 fully saturated rings. The standard InChI is InChI=1S/C23H26N4O3/c1-23(2)21(29)27(22(30)25-23)15-20(28)24-13-16-7-9-17(10-8-16)14-26-12-11-18-5-3-4-6-19(18)26/h3-10H,11-15H2,1-2H3,(H,24,28)(H,25,30). The average Bonchev–Trinajstić information content (AvgIpc) is 3.21. The van der Waals surface area contributed by atoms with Gasteiger partial charge in [-0.05, 0) is 43.0 Å². The van der Waals surface area contributed by atoms with Crippen LogP contribution in [-0.2, 0) is 29.1 Å². The van der Waals surface area contributed by atoms with Crippen molar-refractivity contribution in [1.82, 2.24) is 15.5 Å². The van der Waals surface area contributed by atoms with E-state index in [2.05, 4.69) is 51.9 Å². The highest BCUT2D eigenvalue weighted by Gasteiger charge is 2.44. The minimum Gasteiger partial charge on any atom is -0.367 e. The molecule has 0 atom stereocenters. The molecule has 2 aromatic carbocycles. The first-order chi connectivity index (χ1) is 14.3. The third-order valence-corrected chi connectivity index (χ3v) is 5.62. The van der Waals surface area contributed by atoms with Gasteiger partial charge in [0.15, 0.2) is 0 Å². The number of nitrogens with one attached hydrogen (secondary N) is 2. The maximum absolute atomic E-state index is 12.2. The summed E-state index contributed by atoms with van der Waals surface area (Å²) in [5, 5.41) is 5.34. The number of hydrogen-bond donors (Lipinski definition) is 2. The molecule has 0 aliphatic carbocycles. The topological polar surface area (TPSA) is 81.8 Å². The van der Waals surface area contributed by atoms with Gasteiger partial charge in [0.25, 0.3) is 5.91 Å². The molecular formula is C23H26N4O3. The minimum atomic E-state index is -0.969. The Labute approximate surface area is 176 Å². The summed E-state index contributed by atoms with van der Waals surface area (Å²) in [5.41, 5.74) is 3.90. The van der Waals surface area contributed by atoms with Crippen molar-refractivity contribution >= 4 is 23.5 Å². The van der Waals surface area contributed by atoms with E-state index in [1.165, 1.54) is 16.8 Å². The van der Waals surface area contributed by atoms with Crippen LogP contribution in [0.15, 0.2) is 48.5 Å². The van der Waals surface area contributed by atoms with Crippen molar-refractivity contribution in [3.63, 3.8) is 0 Å². The van der Waals surface area contributed by atoms with E-state index in [4.69, 9.17) is 0 Å². The van der Waals surface area contributed by atoms with Crippen molar-refractivity contribution in [3.8, 4) is 0 Å². The van der Waals surface area contributed by atoms with Gasteiger partial charge in [0, 0.05) is 25.3 Å². The van der Waals surface area contributed by atoms with Crippen LogP contribution in [0.25, 0.3) is 0 Å². The number of urea groups is 1. The summed E-state index contributed by atoms with van der Waals surface area (Å²) in [7, 11) is 0. The van der Waals surface area contributed by atoms with Crippen LogP contribution in [-0.4, -0.2) is 41.4 Å². The molecule has 2 aliphatic rings. The van der Waals surface area contributed by atoms with Crippen LogP contribution in [0.3, 0.4) is 0 Å². The molecule has 0 aromatic heterocycles. The Morgan fingerprint density at radius 2 is 1.77 bits per heavy atom. The third kappa shape index (κ3) is 4.01. The van der Waals surface area contributed by atoms with Gasteiger partial charge in [0.1, 0.15) is 12.1 Å². The maximum Gasteiger partial charge on any atom is 0.325 e. The van der Waals surface area contributed by atoms with E-state index in [1.54, 1.807) is 13.8 Å². The largest absolute Gasteiger partial charge is 0.367 e. The first kappa shape index (κ1) is 19.9. The summed E-state index contributed by atoms with van der Waals surface area (Å²) < 4.78 is 0. The van der Waals surface area contributed by atoms with E-state index < -0.39 is 17.5 Å². The number of fused-ring (bicyclic) bond motifs is 1. The summed E-state index contributed by atoms with van der Waals surface area (Å²) >= 11 is 0. The molecule has 7 nitrogen and oxygen atoms in total. The van der Waals surface area contributed by atoms with Crippen molar-refractivity contribution in [2.24, 2.45) is 0 Å². The molecule has 2 aromatic rings. The Morgan fingerprint density at radius 1 is 1.07 bits per heavy atom. The highest BCUT2D eigenvalue weighted by molar-refractivity contribution is 6.08. The number of imide groups is 1.